The van der Waals surface area contributed by atoms with E-state index in [0.29, 0.717) is 0 Å². The smallest absolute Gasteiger partial charge is 0.0656 e. The number of hydrogen-bond donors (Lipinski definition) is 1. The minimum absolute atomic E-state index is 1.06. The molecule has 0 fully saturated rings. The SMILES string of the molecule is C=Cc1ccc2cn[nH]c2c1. The first kappa shape index (κ1) is 6.16. The summed E-state index contributed by atoms with van der Waals surface area (Å²) in [6.07, 6.45) is 3.63. The van der Waals surface area contributed by atoms with Crippen molar-refractivity contribution >= 4 is 17.0 Å². The summed E-state index contributed by atoms with van der Waals surface area (Å²) in [5.41, 5.74) is 2.17. The van der Waals surface area contributed by atoms with E-state index >= 15 is 0 Å². The minimum Gasteiger partial charge on any atom is -0.278 e. The van der Waals surface area contributed by atoms with Gasteiger partial charge in [0, 0.05) is 5.39 Å². The molecular weight excluding hydrogens is 136 g/mol. The molecule has 0 atom stereocenters. The maximum absolute atomic E-state index is 3.92. The molecule has 2 aromatic rings. The number of aromatic nitrogens is 2. The third-order valence-electron chi connectivity index (χ3n) is 1.70. The predicted molar refractivity (Wildman–Crippen MR) is 46.2 cm³/mol. The number of aromatic amines is 1. The van der Waals surface area contributed by atoms with Crippen molar-refractivity contribution in [2.45, 2.75) is 0 Å². The first-order chi connectivity index (χ1) is 5.40. The van der Waals surface area contributed by atoms with Crippen LogP contribution in [0.4, 0.5) is 0 Å². The van der Waals surface area contributed by atoms with Gasteiger partial charge in [-0.1, -0.05) is 24.8 Å². The Balaban J connectivity index is 2.76. The third kappa shape index (κ3) is 0.923. The maximum Gasteiger partial charge on any atom is 0.0656 e. The van der Waals surface area contributed by atoms with E-state index in [0.717, 1.165) is 16.5 Å². The van der Waals surface area contributed by atoms with Crippen LogP contribution in [0.25, 0.3) is 17.0 Å². The Morgan fingerprint density at radius 1 is 1.45 bits per heavy atom. The molecule has 2 heteroatoms. The molecule has 1 N–H and O–H groups in total. The van der Waals surface area contributed by atoms with Crippen LogP contribution >= 0.6 is 0 Å². The van der Waals surface area contributed by atoms with Crippen molar-refractivity contribution in [3.63, 3.8) is 0 Å². The average Bonchev–Trinajstić information content (AvgIpc) is 2.50. The molecule has 0 saturated heterocycles. The fourth-order valence-corrected chi connectivity index (χ4v) is 1.08. The maximum atomic E-state index is 3.92. The third-order valence-corrected chi connectivity index (χ3v) is 1.70. The van der Waals surface area contributed by atoms with Crippen molar-refractivity contribution in [3.8, 4) is 0 Å². The zero-order chi connectivity index (χ0) is 7.68. The van der Waals surface area contributed by atoms with Crippen LogP contribution in [0, 0.1) is 0 Å². The van der Waals surface area contributed by atoms with E-state index in [1.165, 1.54) is 0 Å². The second-order valence-electron chi connectivity index (χ2n) is 2.42. The Labute approximate surface area is 64.6 Å². The molecule has 0 unspecified atom stereocenters. The molecule has 54 valence electrons. The van der Waals surface area contributed by atoms with E-state index in [1.54, 1.807) is 0 Å². The van der Waals surface area contributed by atoms with Crippen molar-refractivity contribution in [2.24, 2.45) is 0 Å². The van der Waals surface area contributed by atoms with Crippen molar-refractivity contribution in [3.05, 3.63) is 36.5 Å². The van der Waals surface area contributed by atoms with Gasteiger partial charge in [-0.2, -0.15) is 5.10 Å². The summed E-state index contributed by atoms with van der Waals surface area (Å²) < 4.78 is 0. The highest BCUT2D eigenvalue weighted by Crippen LogP contribution is 2.12. The van der Waals surface area contributed by atoms with E-state index in [4.69, 9.17) is 0 Å². The molecule has 2 rings (SSSR count). The highest BCUT2D eigenvalue weighted by atomic mass is 15.1. The number of rotatable bonds is 1. The van der Waals surface area contributed by atoms with E-state index in [2.05, 4.69) is 16.8 Å². The van der Waals surface area contributed by atoms with E-state index < -0.39 is 0 Å². The number of fused-ring (bicyclic) bond motifs is 1. The average molecular weight is 144 g/mol. The Morgan fingerprint density at radius 3 is 3.18 bits per heavy atom. The van der Waals surface area contributed by atoms with Crippen molar-refractivity contribution < 1.29 is 0 Å². The second kappa shape index (κ2) is 2.23. The number of benzene rings is 1. The molecule has 0 radical (unpaired) electrons. The van der Waals surface area contributed by atoms with Gasteiger partial charge in [-0.3, -0.25) is 5.10 Å². The van der Waals surface area contributed by atoms with Crippen LogP contribution in [0.3, 0.4) is 0 Å². The minimum atomic E-state index is 1.06. The van der Waals surface area contributed by atoms with Gasteiger partial charge in [-0.15, -0.1) is 0 Å². The summed E-state index contributed by atoms with van der Waals surface area (Å²) in [4.78, 5) is 0. The fraction of sp³-hybridized carbons (Fsp3) is 0. The van der Waals surface area contributed by atoms with E-state index in [9.17, 15) is 0 Å². The van der Waals surface area contributed by atoms with Crippen LogP contribution < -0.4 is 0 Å². The molecule has 1 aromatic carbocycles. The first-order valence-electron chi connectivity index (χ1n) is 3.46. The zero-order valence-corrected chi connectivity index (χ0v) is 6.04. The monoisotopic (exact) mass is 144 g/mol. The van der Waals surface area contributed by atoms with Crippen LogP contribution in [-0.4, -0.2) is 10.2 Å². The molecule has 0 amide bonds. The number of H-pyrrole nitrogens is 1. The lowest BCUT2D eigenvalue weighted by Crippen LogP contribution is -1.71. The lowest BCUT2D eigenvalue weighted by atomic mass is 10.2. The van der Waals surface area contributed by atoms with Crippen LogP contribution in [0.15, 0.2) is 31.0 Å². The molecule has 0 saturated carbocycles. The highest BCUT2D eigenvalue weighted by molar-refractivity contribution is 5.80. The predicted octanol–water partition coefficient (Wildman–Crippen LogP) is 2.21. The van der Waals surface area contributed by atoms with Gasteiger partial charge in [0.2, 0.25) is 0 Å². The van der Waals surface area contributed by atoms with Gasteiger partial charge in [0.25, 0.3) is 0 Å². The van der Waals surface area contributed by atoms with Gasteiger partial charge in [-0.25, -0.2) is 0 Å². The van der Waals surface area contributed by atoms with Crippen molar-refractivity contribution in [1.82, 2.24) is 10.2 Å². The second-order valence-corrected chi connectivity index (χ2v) is 2.42. The van der Waals surface area contributed by atoms with Crippen LogP contribution in [0.2, 0.25) is 0 Å². The largest absolute Gasteiger partial charge is 0.278 e. The van der Waals surface area contributed by atoms with Crippen LogP contribution in [0.1, 0.15) is 5.56 Å². The highest BCUT2D eigenvalue weighted by Gasteiger charge is 1.93. The van der Waals surface area contributed by atoms with Gasteiger partial charge in [0.15, 0.2) is 0 Å². The molecule has 0 aliphatic rings. The lowest BCUT2D eigenvalue weighted by molar-refractivity contribution is 1.12. The molecule has 2 nitrogen and oxygen atoms in total. The van der Waals surface area contributed by atoms with Gasteiger partial charge in [-0.05, 0) is 11.6 Å². The summed E-state index contributed by atoms with van der Waals surface area (Å²) in [5.74, 6) is 0. The van der Waals surface area contributed by atoms with Gasteiger partial charge in [0.05, 0.1) is 11.7 Å². The molecule has 0 aliphatic heterocycles. The Hall–Kier alpha value is -1.57. The van der Waals surface area contributed by atoms with Gasteiger partial charge < -0.3 is 0 Å². The van der Waals surface area contributed by atoms with E-state index in [-0.39, 0.29) is 0 Å². The number of nitrogens with one attached hydrogen (secondary N) is 1. The van der Waals surface area contributed by atoms with Gasteiger partial charge >= 0.3 is 0 Å². The topological polar surface area (TPSA) is 28.7 Å². The van der Waals surface area contributed by atoms with Crippen molar-refractivity contribution in [1.29, 1.82) is 0 Å². The Bertz CT molecular complexity index is 387. The molecule has 1 aromatic heterocycles. The first-order valence-corrected chi connectivity index (χ1v) is 3.46. The number of hydrogen-bond acceptors (Lipinski definition) is 1. The number of nitrogens with zero attached hydrogens (tertiary/aromatic N) is 1. The quantitative estimate of drug-likeness (QED) is 0.653. The zero-order valence-electron chi connectivity index (χ0n) is 6.04. The Morgan fingerprint density at radius 2 is 2.36 bits per heavy atom. The van der Waals surface area contributed by atoms with Crippen LogP contribution in [0.5, 0.6) is 0 Å². The van der Waals surface area contributed by atoms with Crippen LogP contribution in [-0.2, 0) is 0 Å². The summed E-state index contributed by atoms with van der Waals surface area (Å²) in [5, 5.41) is 7.95. The Kier molecular flexibility index (Phi) is 1.25. The fourth-order valence-electron chi connectivity index (χ4n) is 1.08. The molecule has 11 heavy (non-hydrogen) atoms. The standard InChI is InChI=1S/C9H8N2/c1-2-7-3-4-8-6-10-11-9(8)5-7/h2-6H,1H2,(H,10,11). The molecule has 1 heterocycles. The molecule has 0 bridgehead atoms. The van der Waals surface area contributed by atoms with Gasteiger partial charge in [0.1, 0.15) is 0 Å². The molecule has 0 spiro atoms. The summed E-state index contributed by atoms with van der Waals surface area (Å²) in [7, 11) is 0. The van der Waals surface area contributed by atoms with Crippen molar-refractivity contribution in [2.75, 3.05) is 0 Å². The summed E-state index contributed by atoms with van der Waals surface area (Å²) in [6, 6.07) is 6.07. The normalized spacial score (nSPS) is 10.2. The summed E-state index contributed by atoms with van der Waals surface area (Å²) in [6.45, 7) is 3.69. The molecule has 0 aliphatic carbocycles. The lowest BCUT2D eigenvalue weighted by Gasteiger charge is -1.90. The summed E-state index contributed by atoms with van der Waals surface area (Å²) >= 11 is 0. The molecular formula is C9H8N2. The van der Waals surface area contributed by atoms with E-state index in [1.807, 2.05) is 30.5 Å².